The summed E-state index contributed by atoms with van der Waals surface area (Å²) in [6, 6.07) is 0. The second-order valence-electron chi connectivity index (χ2n) is 32.2. The normalized spacial score (nSPS) is 41.5. The summed E-state index contributed by atoms with van der Waals surface area (Å²) in [5.74, 6) is 5.04. The van der Waals surface area contributed by atoms with E-state index < -0.39 is 0 Å². The summed E-state index contributed by atoms with van der Waals surface area (Å²) < 4.78 is 53.4. The predicted octanol–water partition coefficient (Wildman–Crippen LogP) is 16.7. The van der Waals surface area contributed by atoms with Gasteiger partial charge >= 0.3 is 0 Å². The molecule has 15 rings (SSSR count). The molecule has 504 valence electrons. The number of aldehydes is 1. The Bertz CT molecular complexity index is 2720. The first-order chi connectivity index (χ1) is 43.9. The van der Waals surface area contributed by atoms with Crippen molar-refractivity contribution in [3.63, 3.8) is 0 Å². The highest BCUT2D eigenvalue weighted by molar-refractivity contribution is 5.51. The van der Waals surface area contributed by atoms with Gasteiger partial charge in [-0.3, -0.25) is 0 Å². The number of nitrogens with zero attached hydrogens (tertiary/aromatic N) is 3. The number of hydrogen-bond acceptors (Lipinski definition) is 16. The summed E-state index contributed by atoms with van der Waals surface area (Å²) in [5.41, 5.74) is 12.8. The van der Waals surface area contributed by atoms with Crippen molar-refractivity contribution in [2.45, 2.75) is 252 Å². The van der Waals surface area contributed by atoms with Crippen LogP contribution in [-0.4, -0.2) is 91.8 Å². The Kier molecular flexibility index (Phi) is 20.6. The number of nitrogen functional groups attached to an aromatic ring is 1. The highest BCUT2D eigenvalue weighted by atomic mass is 16.7. The maximum absolute atomic E-state index is 11.3. The summed E-state index contributed by atoms with van der Waals surface area (Å²) in [6.45, 7) is 32.5. The number of anilines is 3. The Morgan fingerprint density at radius 3 is 1.12 bits per heavy atom. The minimum absolute atomic E-state index is 0.0225. The van der Waals surface area contributed by atoms with Gasteiger partial charge in [-0.05, 0) is 180 Å². The largest absolute Gasteiger partial charge is 0.395 e. The van der Waals surface area contributed by atoms with Crippen molar-refractivity contribution in [2.24, 2.45) is 85.8 Å². The zero-order valence-corrected chi connectivity index (χ0v) is 56.5. The molecule has 3 saturated heterocycles. The van der Waals surface area contributed by atoms with Crippen LogP contribution in [0, 0.1) is 85.8 Å². The summed E-state index contributed by atoms with van der Waals surface area (Å²) >= 11 is 0. The standard InChI is InChI=1S/2C25H38N2O3.C22H34O3.C3H4N2O/c2*1-17-8-9-21-24(2,20(17)11-13-26-19-14-27-29-15-19)12-10-22-25(21,3)16-28-23(30-22)18-6-4-5-7-18;1-15-8-9-18-21(2,17(15)11-13-23)12-10-19-22(18,3)14-24-20(25-19)16-6-4-5-7-16;4-3-1-5-6-2-3/h2*14-15,18,20-23,26H,1,4-13,16H2,2-3H3;13,16-20H,1,4-12,14H2,2-3H3;1-2H,4H2/t2*20-,21?,22-,23-,24+,25+;17-,18?,19-,20-,21+,22+;/m111./s1. The lowest BCUT2D eigenvalue weighted by Crippen LogP contribution is -2.62. The van der Waals surface area contributed by atoms with Crippen LogP contribution in [0.25, 0.3) is 0 Å². The summed E-state index contributed by atoms with van der Waals surface area (Å²) in [5, 5.41) is 17.8. The third-order valence-electron chi connectivity index (χ3n) is 27.0. The van der Waals surface area contributed by atoms with Gasteiger partial charge in [0.1, 0.15) is 25.1 Å². The van der Waals surface area contributed by atoms with Crippen molar-refractivity contribution in [2.75, 3.05) is 49.3 Å². The molecule has 0 bridgehead atoms. The van der Waals surface area contributed by atoms with Crippen LogP contribution in [0.3, 0.4) is 0 Å². The van der Waals surface area contributed by atoms with Crippen LogP contribution in [0.1, 0.15) is 215 Å². The van der Waals surface area contributed by atoms with Gasteiger partial charge in [-0.2, -0.15) is 0 Å². The maximum atomic E-state index is 11.3. The molecule has 16 heteroatoms. The van der Waals surface area contributed by atoms with E-state index in [4.69, 9.17) is 43.2 Å². The molecule has 12 fully saturated rings. The Labute approximate surface area is 544 Å². The molecule has 0 amide bonds. The Morgan fingerprint density at radius 1 is 0.473 bits per heavy atom. The van der Waals surface area contributed by atoms with Crippen LogP contribution in [-0.2, 0) is 33.2 Å². The van der Waals surface area contributed by atoms with Crippen LogP contribution in [0.2, 0.25) is 0 Å². The van der Waals surface area contributed by atoms with Crippen LogP contribution in [0.4, 0.5) is 17.1 Å². The van der Waals surface area contributed by atoms with Gasteiger partial charge in [0.25, 0.3) is 0 Å². The molecular formula is C75H114N6O10. The number of nitrogens with one attached hydrogen (secondary N) is 2. The molecule has 3 aromatic heterocycles. The van der Waals surface area contributed by atoms with E-state index >= 15 is 0 Å². The fourth-order valence-corrected chi connectivity index (χ4v) is 22.1. The minimum Gasteiger partial charge on any atom is -0.395 e. The fraction of sp³-hybridized carbons (Fsp3) is 0.787. The molecule has 3 aromatic rings. The molecule has 12 aliphatic rings. The first-order valence-electron chi connectivity index (χ1n) is 36.1. The molecule has 9 aliphatic carbocycles. The Balaban J connectivity index is 0.000000126. The lowest BCUT2D eigenvalue weighted by atomic mass is 9.46. The van der Waals surface area contributed by atoms with E-state index in [0.29, 0.717) is 83.7 Å². The maximum Gasteiger partial charge on any atom is 0.160 e. The van der Waals surface area contributed by atoms with E-state index in [0.717, 1.165) is 108 Å². The van der Waals surface area contributed by atoms with E-state index in [-0.39, 0.29) is 51.4 Å². The van der Waals surface area contributed by atoms with Gasteiger partial charge in [0.2, 0.25) is 0 Å². The second kappa shape index (κ2) is 28.2. The van der Waals surface area contributed by atoms with Gasteiger partial charge in [0.15, 0.2) is 18.9 Å². The number of carbonyl (C=O) groups is 1. The summed E-state index contributed by atoms with van der Waals surface area (Å²) in [4.78, 5) is 11.3. The van der Waals surface area contributed by atoms with E-state index in [1.165, 1.54) is 138 Å². The quantitative estimate of drug-likeness (QED) is 0.108. The molecule has 0 radical (unpaired) electrons. The van der Waals surface area contributed by atoms with E-state index in [2.05, 4.69) is 91.9 Å². The molecule has 18 atom stereocenters. The lowest BCUT2D eigenvalue weighted by Gasteiger charge is -2.63. The number of carbonyl (C=O) groups excluding carboxylic acids is 1. The van der Waals surface area contributed by atoms with Crippen LogP contribution in [0.15, 0.2) is 87.4 Å². The highest BCUT2D eigenvalue weighted by Crippen LogP contribution is 2.67. The van der Waals surface area contributed by atoms with Crippen molar-refractivity contribution in [3.8, 4) is 0 Å². The molecule has 4 N–H and O–H groups in total. The van der Waals surface area contributed by atoms with Crippen LogP contribution >= 0.6 is 0 Å². The molecule has 3 unspecified atom stereocenters. The fourth-order valence-electron chi connectivity index (χ4n) is 22.1. The molecule has 9 saturated carbocycles. The van der Waals surface area contributed by atoms with E-state index in [1.54, 1.807) is 24.9 Å². The minimum atomic E-state index is 0.0225. The number of allylic oxidation sites excluding steroid dienone is 3. The first-order valence-corrected chi connectivity index (χ1v) is 36.1. The molecule has 6 heterocycles. The Hall–Kier alpha value is -4.32. The number of ether oxygens (including phenoxy) is 6. The average molecular weight is 1260 g/mol. The zero-order chi connectivity index (χ0) is 63.6. The second-order valence-corrected chi connectivity index (χ2v) is 32.2. The van der Waals surface area contributed by atoms with Gasteiger partial charge in [-0.1, -0.05) is 132 Å². The number of hydrogen-bond donors (Lipinski definition) is 3. The van der Waals surface area contributed by atoms with E-state index in [9.17, 15) is 4.79 Å². The molecule has 0 aromatic carbocycles. The highest BCUT2D eigenvalue weighted by Gasteiger charge is 2.64. The summed E-state index contributed by atoms with van der Waals surface area (Å²) in [6.07, 6.45) is 44.2. The van der Waals surface area contributed by atoms with Gasteiger partial charge < -0.3 is 63.2 Å². The Morgan fingerprint density at radius 2 is 0.813 bits per heavy atom. The van der Waals surface area contributed by atoms with Crippen molar-refractivity contribution in [1.29, 1.82) is 0 Å². The van der Waals surface area contributed by atoms with Crippen molar-refractivity contribution < 1.29 is 46.8 Å². The van der Waals surface area contributed by atoms with Crippen molar-refractivity contribution in [3.05, 3.63) is 73.8 Å². The molecule has 0 spiro atoms. The van der Waals surface area contributed by atoms with Crippen molar-refractivity contribution in [1.82, 2.24) is 15.5 Å². The lowest BCUT2D eigenvalue weighted by molar-refractivity contribution is -0.316. The third kappa shape index (κ3) is 13.4. The average Bonchev–Trinajstić information content (AvgIpc) is 1.56. The molecular weight excluding hydrogens is 1140 g/mol. The van der Waals surface area contributed by atoms with Gasteiger partial charge in [-0.15, -0.1) is 0 Å². The smallest absolute Gasteiger partial charge is 0.160 e. The van der Waals surface area contributed by atoms with Gasteiger partial charge in [0, 0.05) is 53.5 Å². The van der Waals surface area contributed by atoms with E-state index in [1.807, 2.05) is 0 Å². The topological polar surface area (TPSA) is 201 Å². The van der Waals surface area contributed by atoms with Gasteiger partial charge in [0.05, 0.1) is 73.8 Å². The van der Waals surface area contributed by atoms with Crippen molar-refractivity contribution >= 4 is 23.3 Å². The van der Waals surface area contributed by atoms with Crippen LogP contribution < -0.4 is 16.4 Å². The molecule has 3 aliphatic heterocycles. The molecule has 16 nitrogen and oxygen atoms in total. The number of fused-ring (bicyclic) bond motifs is 9. The SMILES string of the molecule is C=C1CCC2[C@]3(C)CO[C@@H](C4CCCC4)O[C@@H]3CC[C@@]2(C)[C@@H]1CC=O.C=C1CCC2[C@]3(C)CO[C@@H](C4CCCC4)O[C@@H]3CC[C@@]2(C)[C@@H]1CCNc1cnoc1.C=C1CCC2[C@]3(C)CO[C@@H](C4CCCC4)O[C@@H]3CC[C@@]2(C)[C@@H]1CCNc1cnoc1.Nc1cnoc1. The third-order valence-corrected chi connectivity index (χ3v) is 27.0. The summed E-state index contributed by atoms with van der Waals surface area (Å²) in [7, 11) is 0. The monoisotopic (exact) mass is 1260 g/mol. The number of rotatable bonds is 13. The van der Waals surface area contributed by atoms with Crippen LogP contribution in [0.5, 0.6) is 0 Å². The predicted molar refractivity (Wildman–Crippen MR) is 353 cm³/mol. The first kappa shape index (κ1) is 66.7. The number of aromatic nitrogens is 3. The number of nitrogens with two attached hydrogens (primary N) is 1. The molecule has 91 heavy (non-hydrogen) atoms. The van der Waals surface area contributed by atoms with Gasteiger partial charge in [-0.25, -0.2) is 0 Å². The zero-order valence-electron chi connectivity index (χ0n) is 56.5.